The fourth-order valence-electron chi connectivity index (χ4n) is 2.18. The second-order valence-electron chi connectivity index (χ2n) is 4.91. The van der Waals surface area contributed by atoms with E-state index in [0.717, 1.165) is 0 Å². The van der Waals surface area contributed by atoms with Gasteiger partial charge in [-0.1, -0.05) is 12.1 Å². The first-order valence-electron chi connectivity index (χ1n) is 6.28. The van der Waals surface area contributed by atoms with Crippen molar-refractivity contribution in [3.05, 3.63) is 35.6 Å². The van der Waals surface area contributed by atoms with E-state index in [4.69, 9.17) is 9.84 Å². The van der Waals surface area contributed by atoms with Gasteiger partial charge in [-0.05, 0) is 30.5 Å². The summed E-state index contributed by atoms with van der Waals surface area (Å²) in [6.45, 7) is -0.0967. The van der Waals surface area contributed by atoms with E-state index >= 15 is 0 Å². The van der Waals surface area contributed by atoms with E-state index in [0.29, 0.717) is 18.4 Å². The number of methoxy groups -OCH3 is 1. The van der Waals surface area contributed by atoms with Crippen LogP contribution >= 0.6 is 0 Å². The molecule has 1 fully saturated rings. The zero-order valence-electron chi connectivity index (χ0n) is 11.1. The Morgan fingerprint density at radius 3 is 2.45 bits per heavy atom. The predicted molar refractivity (Wildman–Crippen MR) is 68.8 cm³/mol. The number of amides is 1. The third kappa shape index (κ3) is 2.80. The molecule has 1 saturated carbocycles. The number of carboxylic acids is 1. The summed E-state index contributed by atoms with van der Waals surface area (Å²) in [5, 5.41) is 11.5. The summed E-state index contributed by atoms with van der Waals surface area (Å²) in [7, 11) is 1.37. The number of carbonyl (C=O) groups excluding carboxylic acids is 1. The normalized spacial score (nSPS) is 17.3. The Kier molecular flexibility index (Phi) is 4.04. The first-order valence-corrected chi connectivity index (χ1v) is 6.28. The molecule has 0 saturated heterocycles. The fourth-order valence-corrected chi connectivity index (χ4v) is 2.18. The third-order valence-corrected chi connectivity index (χ3v) is 3.52. The van der Waals surface area contributed by atoms with Crippen LogP contribution in [0.25, 0.3) is 0 Å². The molecular formula is C14H16FNO4. The Hall–Kier alpha value is -1.95. The highest BCUT2D eigenvalue weighted by molar-refractivity contribution is 5.94. The van der Waals surface area contributed by atoms with Crippen LogP contribution in [0.5, 0.6) is 0 Å². The number of nitrogens with one attached hydrogen (secondary N) is 1. The van der Waals surface area contributed by atoms with Crippen LogP contribution in [0.2, 0.25) is 0 Å². The highest BCUT2D eigenvalue weighted by Gasteiger charge is 2.51. The summed E-state index contributed by atoms with van der Waals surface area (Å²) in [4.78, 5) is 23.3. The molecule has 1 atom stereocenters. The largest absolute Gasteiger partial charge is 0.480 e. The van der Waals surface area contributed by atoms with Crippen molar-refractivity contribution in [3.63, 3.8) is 0 Å². The molecule has 6 heteroatoms. The van der Waals surface area contributed by atoms with E-state index in [1.165, 1.54) is 19.2 Å². The van der Waals surface area contributed by atoms with Crippen LogP contribution in [0.15, 0.2) is 24.3 Å². The van der Waals surface area contributed by atoms with Crippen LogP contribution in [0.1, 0.15) is 18.4 Å². The topological polar surface area (TPSA) is 75.6 Å². The van der Waals surface area contributed by atoms with E-state index in [2.05, 4.69) is 5.32 Å². The molecule has 1 unspecified atom stereocenters. The molecule has 5 nitrogen and oxygen atoms in total. The maximum atomic E-state index is 12.9. The molecule has 1 aromatic carbocycles. The third-order valence-electron chi connectivity index (χ3n) is 3.52. The van der Waals surface area contributed by atoms with Gasteiger partial charge < -0.3 is 15.2 Å². The van der Waals surface area contributed by atoms with Crippen molar-refractivity contribution in [1.29, 1.82) is 0 Å². The number of carboxylic acid groups (broad SMARTS) is 1. The molecule has 1 amide bonds. The minimum Gasteiger partial charge on any atom is -0.480 e. The van der Waals surface area contributed by atoms with Gasteiger partial charge >= 0.3 is 5.97 Å². The monoisotopic (exact) mass is 281 g/mol. The lowest BCUT2D eigenvalue weighted by Crippen LogP contribution is -2.47. The quantitative estimate of drug-likeness (QED) is 0.818. The van der Waals surface area contributed by atoms with Crippen molar-refractivity contribution < 1.29 is 23.8 Å². The molecule has 0 aromatic heterocycles. The molecule has 2 rings (SSSR count). The second-order valence-corrected chi connectivity index (χ2v) is 4.91. The van der Waals surface area contributed by atoms with Gasteiger partial charge in [-0.25, -0.2) is 9.18 Å². The van der Waals surface area contributed by atoms with Crippen LogP contribution in [-0.4, -0.2) is 36.7 Å². The van der Waals surface area contributed by atoms with E-state index in [-0.39, 0.29) is 18.3 Å². The van der Waals surface area contributed by atoms with E-state index in [9.17, 15) is 14.0 Å². The van der Waals surface area contributed by atoms with Crippen LogP contribution in [-0.2, 0) is 19.7 Å². The Bertz CT molecular complexity index is 510. The van der Waals surface area contributed by atoms with Crippen LogP contribution in [0.4, 0.5) is 4.39 Å². The van der Waals surface area contributed by atoms with Gasteiger partial charge in [-0.2, -0.15) is 0 Å². The van der Waals surface area contributed by atoms with E-state index in [1.807, 2.05) is 0 Å². The van der Waals surface area contributed by atoms with Gasteiger partial charge in [0.05, 0.1) is 12.0 Å². The Morgan fingerprint density at radius 2 is 2.00 bits per heavy atom. The van der Waals surface area contributed by atoms with Gasteiger partial charge in [0.1, 0.15) is 5.82 Å². The molecular weight excluding hydrogens is 265 g/mol. The molecule has 108 valence electrons. The van der Waals surface area contributed by atoms with Gasteiger partial charge in [0, 0.05) is 7.11 Å². The lowest BCUT2D eigenvalue weighted by molar-refractivity contribution is -0.143. The zero-order chi connectivity index (χ0) is 14.8. The number of hydrogen-bond donors (Lipinski definition) is 2. The number of hydrogen-bond acceptors (Lipinski definition) is 3. The van der Waals surface area contributed by atoms with Crippen molar-refractivity contribution in [2.24, 2.45) is 0 Å². The van der Waals surface area contributed by atoms with Crippen LogP contribution in [0.3, 0.4) is 0 Å². The maximum Gasteiger partial charge on any atom is 0.328 e. The highest BCUT2D eigenvalue weighted by atomic mass is 19.1. The van der Waals surface area contributed by atoms with Crippen molar-refractivity contribution in [3.8, 4) is 0 Å². The fraction of sp³-hybridized carbons (Fsp3) is 0.429. The van der Waals surface area contributed by atoms with Crippen molar-refractivity contribution in [2.75, 3.05) is 13.7 Å². The number of aliphatic carboxylic acids is 1. The Balaban J connectivity index is 2.12. The standard InChI is InChI=1S/C14H16FNO4/c1-20-8-11(12(17)18)16-13(19)14(6-7-14)9-2-4-10(15)5-3-9/h2-5,11H,6-8H2,1H3,(H,16,19)(H,17,18). The average Bonchev–Trinajstić information content (AvgIpc) is 3.20. The summed E-state index contributed by atoms with van der Waals surface area (Å²) in [5.74, 6) is -1.86. The first-order chi connectivity index (χ1) is 9.49. The number of benzene rings is 1. The molecule has 0 aliphatic heterocycles. The summed E-state index contributed by atoms with van der Waals surface area (Å²) < 4.78 is 17.7. The van der Waals surface area contributed by atoms with Crippen molar-refractivity contribution >= 4 is 11.9 Å². The molecule has 0 heterocycles. The van der Waals surface area contributed by atoms with Crippen LogP contribution in [0, 0.1) is 5.82 Å². The molecule has 2 N–H and O–H groups in total. The molecule has 0 radical (unpaired) electrons. The maximum absolute atomic E-state index is 12.9. The van der Waals surface area contributed by atoms with E-state index < -0.39 is 17.4 Å². The van der Waals surface area contributed by atoms with Crippen LogP contribution < -0.4 is 5.32 Å². The average molecular weight is 281 g/mol. The Labute approximate surface area is 115 Å². The number of ether oxygens (including phenoxy) is 1. The minimum absolute atomic E-state index is 0.0967. The van der Waals surface area contributed by atoms with Gasteiger partial charge in [0.15, 0.2) is 6.04 Å². The summed E-state index contributed by atoms with van der Waals surface area (Å²) in [5.41, 5.74) is -0.0206. The second kappa shape index (κ2) is 5.58. The lowest BCUT2D eigenvalue weighted by Gasteiger charge is -2.19. The summed E-state index contributed by atoms with van der Waals surface area (Å²) in [6.07, 6.45) is 1.26. The molecule has 1 aromatic rings. The van der Waals surface area contributed by atoms with Gasteiger partial charge in [0.25, 0.3) is 0 Å². The molecule has 0 spiro atoms. The van der Waals surface area contributed by atoms with E-state index in [1.54, 1.807) is 12.1 Å². The SMILES string of the molecule is COCC(NC(=O)C1(c2ccc(F)cc2)CC1)C(=O)O. The molecule has 1 aliphatic carbocycles. The molecule has 0 bridgehead atoms. The summed E-state index contributed by atoms with van der Waals surface area (Å²) >= 11 is 0. The molecule has 1 aliphatic rings. The van der Waals surface area contributed by atoms with Gasteiger partial charge in [-0.15, -0.1) is 0 Å². The smallest absolute Gasteiger partial charge is 0.328 e. The first kappa shape index (κ1) is 14.5. The minimum atomic E-state index is -1.14. The Morgan fingerprint density at radius 1 is 1.40 bits per heavy atom. The number of rotatable bonds is 6. The van der Waals surface area contributed by atoms with Crippen molar-refractivity contribution in [1.82, 2.24) is 5.32 Å². The predicted octanol–water partition coefficient (Wildman–Crippen LogP) is 1.07. The highest BCUT2D eigenvalue weighted by Crippen LogP contribution is 2.48. The zero-order valence-corrected chi connectivity index (χ0v) is 11.1. The summed E-state index contributed by atoms with van der Waals surface area (Å²) in [6, 6.07) is 4.64. The number of halogens is 1. The van der Waals surface area contributed by atoms with Gasteiger partial charge in [-0.3, -0.25) is 4.79 Å². The lowest BCUT2D eigenvalue weighted by atomic mass is 9.94. The number of carbonyl (C=O) groups is 2. The van der Waals surface area contributed by atoms with Gasteiger partial charge in [0.2, 0.25) is 5.91 Å². The molecule has 20 heavy (non-hydrogen) atoms. The van der Waals surface area contributed by atoms with Crippen molar-refractivity contribution in [2.45, 2.75) is 24.3 Å².